The van der Waals surface area contributed by atoms with Gasteiger partial charge >= 0.3 is 12.0 Å². The van der Waals surface area contributed by atoms with Crippen molar-refractivity contribution in [2.75, 3.05) is 7.05 Å². The maximum atomic E-state index is 12.2. The zero-order chi connectivity index (χ0) is 18.3. The van der Waals surface area contributed by atoms with Crippen LogP contribution in [0.4, 0.5) is 4.79 Å². The van der Waals surface area contributed by atoms with Gasteiger partial charge in [-0.1, -0.05) is 19.9 Å². The number of amides is 4. The van der Waals surface area contributed by atoms with E-state index in [1.165, 1.54) is 25.3 Å². The molecule has 0 fully saturated rings. The fourth-order valence-electron chi connectivity index (χ4n) is 1.69. The number of hydrogen-bond donors (Lipinski definition) is 3. The van der Waals surface area contributed by atoms with E-state index >= 15 is 0 Å². The van der Waals surface area contributed by atoms with E-state index in [0.29, 0.717) is 4.88 Å². The molecule has 8 nitrogen and oxygen atoms in total. The SMILES string of the molecule is CNC(=O)NC(=O)[C@@H](C)OC(=O)[C@H](NC(=O)c1cccs1)C(C)C. The van der Waals surface area contributed by atoms with Crippen LogP contribution in [0.2, 0.25) is 0 Å². The number of urea groups is 1. The molecule has 0 radical (unpaired) electrons. The molecule has 0 aromatic carbocycles. The summed E-state index contributed by atoms with van der Waals surface area (Å²) >= 11 is 1.25. The van der Waals surface area contributed by atoms with Gasteiger partial charge in [-0.25, -0.2) is 9.59 Å². The molecular weight excluding hydrogens is 334 g/mol. The lowest BCUT2D eigenvalue weighted by Crippen LogP contribution is -2.48. The summed E-state index contributed by atoms with van der Waals surface area (Å²) < 4.78 is 5.06. The highest BCUT2D eigenvalue weighted by molar-refractivity contribution is 7.12. The van der Waals surface area contributed by atoms with E-state index < -0.39 is 30.1 Å². The Morgan fingerprint density at radius 3 is 2.33 bits per heavy atom. The summed E-state index contributed by atoms with van der Waals surface area (Å²) in [6, 6.07) is 1.76. The molecule has 1 rings (SSSR count). The molecule has 0 aliphatic rings. The summed E-state index contributed by atoms with van der Waals surface area (Å²) in [6.45, 7) is 4.83. The molecule has 0 saturated heterocycles. The molecule has 9 heteroatoms. The topological polar surface area (TPSA) is 114 Å². The highest BCUT2D eigenvalue weighted by Crippen LogP contribution is 2.11. The predicted molar refractivity (Wildman–Crippen MR) is 88.6 cm³/mol. The first-order chi connectivity index (χ1) is 11.3. The second kappa shape index (κ2) is 9.02. The average Bonchev–Trinajstić information content (AvgIpc) is 3.05. The van der Waals surface area contributed by atoms with Gasteiger partial charge in [0, 0.05) is 7.05 Å². The molecule has 0 spiro atoms. The summed E-state index contributed by atoms with van der Waals surface area (Å²) in [5.41, 5.74) is 0. The third-order valence-corrected chi connectivity index (χ3v) is 3.95. The molecule has 0 unspecified atom stereocenters. The number of carbonyl (C=O) groups excluding carboxylic acids is 4. The third-order valence-electron chi connectivity index (χ3n) is 3.08. The van der Waals surface area contributed by atoms with E-state index in [1.54, 1.807) is 31.4 Å². The fourth-order valence-corrected chi connectivity index (χ4v) is 2.32. The van der Waals surface area contributed by atoms with Crippen LogP contribution in [0.25, 0.3) is 0 Å². The highest BCUT2D eigenvalue weighted by atomic mass is 32.1. The third kappa shape index (κ3) is 5.65. The van der Waals surface area contributed by atoms with Crippen LogP contribution < -0.4 is 16.0 Å². The number of thiophene rings is 1. The van der Waals surface area contributed by atoms with Gasteiger partial charge in [0.05, 0.1) is 4.88 Å². The van der Waals surface area contributed by atoms with Crippen molar-refractivity contribution in [2.24, 2.45) is 5.92 Å². The second-order valence-corrected chi connectivity index (χ2v) is 6.27. The van der Waals surface area contributed by atoms with E-state index in [1.807, 2.05) is 5.32 Å². The summed E-state index contributed by atoms with van der Waals surface area (Å²) in [5, 5.41) is 8.59. The van der Waals surface area contributed by atoms with Crippen LogP contribution in [-0.2, 0) is 14.3 Å². The lowest BCUT2D eigenvalue weighted by molar-refractivity contribution is -0.157. The van der Waals surface area contributed by atoms with Crippen LogP contribution in [0.15, 0.2) is 17.5 Å². The lowest BCUT2D eigenvalue weighted by Gasteiger charge is -2.22. The standard InChI is InChI=1S/C15H21N3O5S/c1-8(2)11(17-13(20)10-6-5-7-24-10)14(21)23-9(3)12(19)18-15(22)16-4/h5-9,11H,1-4H3,(H,17,20)(H2,16,18,19,22)/t9-,11-/m1/s1. The van der Waals surface area contributed by atoms with Crippen LogP contribution in [-0.4, -0.2) is 43.0 Å². The van der Waals surface area contributed by atoms with Crippen LogP contribution in [0.1, 0.15) is 30.4 Å². The average molecular weight is 355 g/mol. The summed E-state index contributed by atoms with van der Waals surface area (Å²) in [4.78, 5) is 47.6. The molecule has 4 amide bonds. The maximum Gasteiger partial charge on any atom is 0.329 e. The molecule has 0 saturated carbocycles. The van der Waals surface area contributed by atoms with Crippen molar-refractivity contribution < 1.29 is 23.9 Å². The van der Waals surface area contributed by atoms with Crippen molar-refractivity contribution in [1.82, 2.24) is 16.0 Å². The normalized spacial score (nSPS) is 12.9. The Morgan fingerprint density at radius 2 is 1.83 bits per heavy atom. The zero-order valence-electron chi connectivity index (χ0n) is 13.9. The van der Waals surface area contributed by atoms with Crippen molar-refractivity contribution in [1.29, 1.82) is 0 Å². The van der Waals surface area contributed by atoms with Crippen molar-refractivity contribution in [3.8, 4) is 0 Å². The van der Waals surface area contributed by atoms with E-state index in [4.69, 9.17) is 4.74 Å². The first kappa shape index (κ1) is 19.6. The van der Waals surface area contributed by atoms with Crippen LogP contribution >= 0.6 is 11.3 Å². The number of rotatable bonds is 6. The minimum Gasteiger partial charge on any atom is -0.451 e. The van der Waals surface area contributed by atoms with Crippen molar-refractivity contribution in [2.45, 2.75) is 32.9 Å². The van der Waals surface area contributed by atoms with Crippen LogP contribution in [0, 0.1) is 5.92 Å². The van der Waals surface area contributed by atoms with E-state index in [2.05, 4.69) is 10.6 Å². The van der Waals surface area contributed by atoms with Gasteiger partial charge in [-0.05, 0) is 24.3 Å². The molecule has 132 valence electrons. The second-order valence-electron chi connectivity index (χ2n) is 5.32. The number of nitrogens with one attached hydrogen (secondary N) is 3. The number of esters is 1. The molecule has 1 heterocycles. The minimum absolute atomic E-state index is 0.240. The van der Waals surface area contributed by atoms with Gasteiger partial charge in [0.15, 0.2) is 6.10 Å². The zero-order valence-corrected chi connectivity index (χ0v) is 14.7. The molecule has 0 bridgehead atoms. The fraction of sp³-hybridized carbons (Fsp3) is 0.467. The first-order valence-corrected chi connectivity index (χ1v) is 8.21. The van der Waals surface area contributed by atoms with Gasteiger partial charge in [0.25, 0.3) is 11.8 Å². The highest BCUT2D eigenvalue weighted by Gasteiger charge is 2.29. The number of imide groups is 1. The molecule has 24 heavy (non-hydrogen) atoms. The monoisotopic (exact) mass is 355 g/mol. The smallest absolute Gasteiger partial charge is 0.329 e. The number of hydrogen-bond acceptors (Lipinski definition) is 6. The molecule has 2 atom stereocenters. The van der Waals surface area contributed by atoms with Crippen LogP contribution in [0.3, 0.4) is 0 Å². The Balaban J connectivity index is 2.68. The van der Waals surface area contributed by atoms with Crippen molar-refractivity contribution in [3.05, 3.63) is 22.4 Å². The lowest BCUT2D eigenvalue weighted by atomic mass is 10.0. The predicted octanol–water partition coefficient (Wildman–Crippen LogP) is 0.890. The Kier molecular flexibility index (Phi) is 7.37. The molecule has 1 aromatic rings. The number of carbonyl (C=O) groups is 4. The van der Waals surface area contributed by atoms with Gasteiger partial charge in [0.1, 0.15) is 6.04 Å². The summed E-state index contributed by atoms with van der Waals surface area (Å²) in [5.74, 6) is -2.12. The molecular formula is C15H21N3O5S. The Morgan fingerprint density at radius 1 is 1.17 bits per heavy atom. The largest absolute Gasteiger partial charge is 0.451 e. The van der Waals surface area contributed by atoms with Gasteiger partial charge in [-0.15, -0.1) is 11.3 Å². The molecule has 0 aliphatic carbocycles. The Hall–Kier alpha value is -2.42. The molecule has 1 aromatic heterocycles. The van der Waals surface area contributed by atoms with Crippen LogP contribution in [0.5, 0.6) is 0 Å². The summed E-state index contributed by atoms with van der Waals surface area (Å²) in [6.07, 6.45) is -1.17. The summed E-state index contributed by atoms with van der Waals surface area (Å²) in [7, 11) is 1.36. The van der Waals surface area contributed by atoms with Gasteiger partial charge in [-0.3, -0.25) is 14.9 Å². The van der Waals surface area contributed by atoms with Gasteiger partial charge < -0.3 is 15.4 Å². The van der Waals surface area contributed by atoms with Crippen molar-refractivity contribution in [3.63, 3.8) is 0 Å². The first-order valence-electron chi connectivity index (χ1n) is 7.33. The maximum absolute atomic E-state index is 12.2. The van der Waals surface area contributed by atoms with E-state index in [9.17, 15) is 19.2 Å². The Bertz CT molecular complexity index is 600. The molecule has 0 aliphatic heterocycles. The Labute approximate surface area is 143 Å². The van der Waals surface area contributed by atoms with Gasteiger partial charge in [0.2, 0.25) is 0 Å². The van der Waals surface area contributed by atoms with Gasteiger partial charge in [-0.2, -0.15) is 0 Å². The van der Waals surface area contributed by atoms with E-state index in [-0.39, 0.29) is 11.8 Å². The van der Waals surface area contributed by atoms with E-state index in [0.717, 1.165) is 0 Å². The quantitative estimate of drug-likeness (QED) is 0.656. The minimum atomic E-state index is -1.17. The van der Waals surface area contributed by atoms with Crippen molar-refractivity contribution >= 4 is 35.2 Å². The number of ether oxygens (including phenoxy) is 1. The molecule has 3 N–H and O–H groups in total.